The van der Waals surface area contributed by atoms with Gasteiger partial charge < -0.3 is 5.73 Å². The number of nitrogens with two attached hydrogens (primary N) is 1. The molecule has 0 saturated carbocycles. The first-order valence-electron chi connectivity index (χ1n) is 3.09. The number of nitrogens with zero attached hydrogens (tertiary/aromatic N) is 1. The highest BCUT2D eigenvalue weighted by atomic mass is 19.1. The molecule has 1 aromatic rings. The van der Waals surface area contributed by atoms with Crippen molar-refractivity contribution in [2.45, 2.75) is 6.17 Å². The molecular formula is C7H9FN2. The van der Waals surface area contributed by atoms with E-state index in [0.717, 1.165) is 0 Å². The monoisotopic (exact) mass is 140 g/mol. The lowest BCUT2D eigenvalue weighted by Gasteiger charge is -2.01. The maximum Gasteiger partial charge on any atom is 0.154 e. The number of hydrogen-bond donors (Lipinski definition) is 1. The van der Waals surface area contributed by atoms with Gasteiger partial charge in [0.2, 0.25) is 0 Å². The summed E-state index contributed by atoms with van der Waals surface area (Å²) in [5.74, 6) is 0. The van der Waals surface area contributed by atoms with E-state index >= 15 is 0 Å². The second-order valence-electron chi connectivity index (χ2n) is 1.96. The summed E-state index contributed by atoms with van der Waals surface area (Å²) >= 11 is 0. The highest BCUT2D eigenvalue weighted by molar-refractivity contribution is 5.06. The predicted molar refractivity (Wildman–Crippen MR) is 37.1 cm³/mol. The first-order valence-corrected chi connectivity index (χ1v) is 3.09. The minimum atomic E-state index is -1.12. The van der Waals surface area contributed by atoms with Gasteiger partial charge in [-0.2, -0.15) is 0 Å². The van der Waals surface area contributed by atoms with Crippen molar-refractivity contribution in [2.75, 3.05) is 6.54 Å². The Morgan fingerprint density at radius 1 is 1.60 bits per heavy atom. The first kappa shape index (κ1) is 7.15. The van der Waals surface area contributed by atoms with Gasteiger partial charge >= 0.3 is 0 Å². The van der Waals surface area contributed by atoms with Gasteiger partial charge in [0.25, 0.3) is 0 Å². The highest BCUT2D eigenvalue weighted by Gasteiger charge is 2.05. The van der Waals surface area contributed by atoms with Crippen LogP contribution in [0.2, 0.25) is 0 Å². The summed E-state index contributed by atoms with van der Waals surface area (Å²) in [6.07, 6.45) is 0.429. The molecule has 1 rings (SSSR count). The fourth-order valence-electron chi connectivity index (χ4n) is 0.682. The van der Waals surface area contributed by atoms with Crippen LogP contribution in [0.4, 0.5) is 4.39 Å². The second-order valence-corrected chi connectivity index (χ2v) is 1.96. The van der Waals surface area contributed by atoms with E-state index in [4.69, 9.17) is 5.73 Å². The molecule has 1 aromatic heterocycles. The molecule has 0 aliphatic carbocycles. The molecule has 1 unspecified atom stereocenters. The zero-order chi connectivity index (χ0) is 7.40. The molecule has 0 saturated heterocycles. The molecule has 0 spiro atoms. The summed E-state index contributed by atoms with van der Waals surface area (Å²) in [6.45, 7) is -0.00296. The maximum absolute atomic E-state index is 12.7. The molecule has 54 valence electrons. The third-order valence-corrected chi connectivity index (χ3v) is 1.22. The smallest absolute Gasteiger partial charge is 0.154 e. The Bertz CT molecular complexity index is 188. The Morgan fingerprint density at radius 2 is 2.40 bits per heavy atom. The van der Waals surface area contributed by atoms with Crippen LogP contribution in [0.25, 0.3) is 0 Å². The lowest BCUT2D eigenvalue weighted by atomic mass is 10.2. The first-order chi connectivity index (χ1) is 4.84. The van der Waals surface area contributed by atoms with Gasteiger partial charge in [0.05, 0.1) is 5.69 Å². The van der Waals surface area contributed by atoms with Gasteiger partial charge in [-0.05, 0) is 12.1 Å². The van der Waals surface area contributed by atoms with Gasteiger partial charge in [-0.15, -0.1) is 0 Å². The second kappa shape index (κ2) is 3.27. The summed E-state index contributed by atoms with van der Waals surface area (Å²) in [6, 6.07) is 5.11. The highest BCUT2D eigenvalue weighted by Crippen LogP contribution is 2.10. The van der Waals surface area contributed by atoms with Crippen molar-refractivity contribution in [1.29, 1.82) is 0 Å². The molecule has 2 N–H and O–H groups in total. The zero-order valence-electron chi connectivity index (χ0n) is 5.50. The van der Waals surface area contributed by atoms with Crippen LogP contribution in [-0.2, 0) is 0 Å². The van der Waals surface area contributed by atoms with Crippen LogP contribution < -0.4 is 5.73 Å². The van der Waals surface area contributed by atoms with Crippen molar-refractivity contribution in [3.05, 3.63) is 30.1 Å². The molecular weight excluding hydrogens is 131 g/mol. The average molecular weight is 140 g/mol. The molecule has 0 aliphatic heterocycles. The van der Waals surface area contributed by atoms with Gasteiger partial charge in [-0.3, -0.25) is 4.98 Å². The van der Waals surface area contributed by atoms with Crippen molar-refractivity contribution in [2.24, 2.45) is 5.73 Å². The topological polar surface area (TPSA) is 38.9 Å². The predicted octanol–water partition coefficient (Wildman–Crippen LogP) is 1.05. The van der Waals surface area contributed by atoms with Crippen LogP contribution in [0.1, 0.15) is 11.9 Å². The summed E-state index contributed by atoms with van der Waals surface area (Å²) in [5, 5.41) is 0. The van der Waals surface area contributed by atoms with Gasteiger partial charge in [-0.25, -0.2) is 4.39 Å². The molecule has 0 radical (unpaired) electrons. The lowest BCUT2D eigenvalue weighted by molar-refractivity contribution is 0.345. The van der Waals surface area contributed by atoms with Gasteiger partial charge in [-0.1, -0.05) is 6.07 Å². The van der Waals surface area contributed by atoms with E-state index in [1.165, 1.54) is 0 Å². The molecule has 10 heavy (non-hydrogen) atoms. The van der Waals surface area contributed by atoms with Crippen molar-refractivity contribution in [3.8, 4) is 0 Å². The van der Waals surface area contributed by atoms with E-state index in [1.807, 2.05) is 0 Å². The van der Waals surface area contributed by atoms with E-state index in [-0.39, 0.29) is 6.54 Å². The third kappa shape index (κ3) is 1.51. The standard InChI is InChI=1S/C7H9FN2/c8-6(5-9)7-3-1-2-4-10-7/h1-4,6H,5,9H2. The van der Waals surface area contributed by atoms with Crippen molar-refractivity contribution >= 4 is 0 Å². The van der Waals surface area contributed by atoms with Crippen LogP contribution in [0, 0.1) is 0 Å². The van der Waals surface area contributed by atoms with E-state index in [9.17, 15) is 4.39 Å². The Labute approximate surface area is 58.9 Å². The van der Waals surface area contributed by atoms with E-state index in [2.05, 4.69) is 4.98 Å². The Hall–Kier alpha value is -0.960. The Morgan fingerprint density at radius 3 is 2.90 bits per heavy atom. The van der Waals surface area contributed by atoms with Crippen LogP contribution in [-0.4, -0.2) is 11.5 Å². The van der Waals surface area contributed by atoms with Crippen LogP contribution >= 0.6 is 0 Å². The largest absolute Gasteiger partial charge is 0.327 e. The minimum absolute atomic E-state index is 0.00296. The lowest BCUT2D eigenvalue weighted by Crippen LogP contribution is -2.08. The molecule has 0 bridgehead atoms. The molecule has 1 atom stereocenters. The number of aromatic nitrogens is 1. The van der Waals surface area contributed by atoms with Gasteiger partial charge in [0, 0.05) is 12.7 Å². The molecule has 0 aromatic carbocycles. The molecule has 0 amide bonds. The van der Waals surface area contributed by atoms with Gasteiger partial charge in [0.15, 0.2) is 6.17 Å². The summed E-state index contributed by atoms with van der Waals surface area (Å²) in [7, 11) is 0. The Balaban J connectivity index is 2.75. The molecule has 0 fully saturated rings. The average Bonchev–Trinajstić information content (AvgIpc) is 2.05. The number of hydrogen-bond acceptors (Lipinski definition) is 2. The molecule has 3 heteroatoms. The fourth-order valence-corrected chi connectivity index (χ4v) is 0.682. The van der Waals surface area contributed by atoms with E-state index in [1.54, 1.807) is 24.4 Å². The summed E-state index contributed by atoms with van der Waals surface area (Å²) < 4.78 is 12.7. The summed E-state index contributed by atoms with van der Waals surface area (Å²) in [4.78, 5) is 3.79. The molecule has 0 aliphatic rings. The number of rotatable bonds is 2. The van der Waals surface area contributed by atoms with Crippen LogP contribution in [0.15, 0.2) is 24.4 Å². The number of halogens is 1. The van der Waals surface area contributed by atoms with Crippen LogP contribution in [0.5, 0.6) is 0 Å². The fraction of sp³-hybridized carbons (Fsp3) is 0.286. The van der Waals surface area contributed by atoms with E-state index < -0.39 is 6.17 Å². The molecule has 2 nitrogen and oxygen atoms in total. The SMILES string of the molecule is NCC(F)c1ccccn1. The minimum Gasteiger partial charge on any atom is -0.327 e. The zero-order valence-corrected chi connectivity index (χ0v) is 5.50. The third-order valence-electron chi connectivity index (χ3n) is 1.22. The van der Waals surface area contributed by atoms with E-state index in [0.29, 0.717) is 5.69 Å². The molecule has 1 heterocycles. The quantitative estimate of drug-likeness (QED) is 0.666. The summed E-state index contributed by atoms with van der Waals surface area (Å²) in [5.41, 5.74) is 5.50. The Kier molecular flexibility index (Phi) is 2.34. The van der Waals surface area contributed by atoms with Crippen molar-refractivity contribution < 1.29 is 4.39 Å². The number of alkyl halides is 1. The van der Waals surface area contributed by atoms with Crippen molar-refractivity contribution in [1.82, 2.24) is 4.98 Å². The van der Waals surface area contributed by atoms with Gasteiger partial charge in [0.1, 0.15) is 0 Å². The normalized spacial score (nSPS) is 13.0. The van der Waals surface area contributed by atoms with Crippen LogP contribution in [0.3, 0.4) is 0 Å². The number of pyridine rings is 1. The van der Waals surface area contributed by atoms with Crippen molar-refractivity contribution in [3.63, 3.8) is 0 Å². The maximum atomic E-state index is 12.7.